The van der Waals surface area contributed by atoms with Crippen LogP contribution in [0.2, 0.25) is 5.02 Å². The SMILES string of the molecule is CC1(C)CC(Nc2ncnc3ccc(-c4cccnc4-c4ccc(F)c(Cl)c4)cc23)CC(C)(C)N1O. The van der Waals surface area contributed by atoms with Crippen molar-refractivity contribution in [2.24, 2.45) is 0 Å². The first kappa shape index (κ1) is 24.6. The molecule has 1 saturated heterocycles. The molecule has 36 heavy (non-hydrogen) atoms. The number of fused-ring (bicyclic) bond motifs is 1. The van der Waals surface area contributed by atoms with Crippen molar-refractivity contribution in [3.05, 3.63) is 71.9 Å². The molecule has 6 nitrogen and oxygen atoms in total. The Labute approximate surface area is 215 Å². The number of aromatic nitrogens is 3. The smallest absolute Gasteiger partial charge is 0.141 e. The molecule has 1 aliphatic rings. The molecule has 5 rings (SSSR count). The van der Waals surface area contributed by atoms with Crippen LogP contribution in [0.4, 0.5) is 10.2 Å². The van der Waals surface area contributed by atoms with E-state index in [1.165, 1.54) is 11.1 Å². The Morgan fingerprint density at radius 1 is 0.972 bits per heavy atom. The summed E-state index contributed by atoms with van der Waals surface area (Å²) in [5.41, 5.74) is 3.35. The molecular weight excluding hydrogens is 477 g/mol. The molecule has 3 heterocycles. The Kier molecular flexibility index (Phi) is 6.19. The molecule has 0 spiro atoms. The second kappa shape index (κ2) is 9.07. The Balaban J connectivity index is 1.55. The van der Waals surface area contributed by atoms with Crippen molar-refractivity contribution >= 4 is 28.3 Å². The van der Waals surface area contributed by atoms with E-state index in [1.54, 1.807) is 24.7 Å². The van der Waals surface area contributed by atoms with Crippen molar-refractivity contribution in [2.45, 2.75) is 57.7 Å². The maximum Gasteiger partial charge on any atom is 0.141 e. The van der Waals surface area contributed by atoms with Gasteiger partial charge >= 0.3 is 0 Å². The van der Waals surface area contributed by atoms with Gasteiger partial charge in [-0.15, -0.1) is 0 Å². The number of piperidine rings is 1. The van der Waals surface area contributed by atoms with Crippen LogP contribution in [-0.4, -0.2) is 42.3 Å². The van der Waals surface area contributed by atoms with Crippen molar-refractivity contribution in [1.29, 1.82) is 0 Å². The number of anilines is 1. The van der Waals surface area contributed by atoms with E-state index in [4.69, 9.17) is 11.6 Å². The van der Waals surface area contributed by atoms with Crippen molar-refractivity contribution in [2.75, 3.05) is 5.32 Å². The highest BCUT2D eigenvalue weighted by atomic mass is 35.5. The molecule has 4 aromatic rings. The number of hydrogen-bond donors (Lipinski definition) is 2. The third-order valence-corrected chi connectivity index (χ3v) is 7.22. The number of rotatable bonds is 4. The molecule has 2 aromatic carbocycles. The summed E-state index contributed by atoms with van der Waals surface area (Å²) in [4.78, 5) is 13.6. The lowest BCUT2D eigenvalue weighted by molar-refractivity contribution is -0.243. The van der Waals surface area contributed by atoms with Crippen molar-refractivity contribution in [3.8, 4) is 22.4 Å². The summed E-state index contributed by atoms with van der Waals surface area (Å²) in [6.07, 6.45) is 4.80. The number of nitrogens with one attached hydrogen (secondary N) is 1. The first-order chi connectivity index (χ1) is 17.0. The summed E-state index contributed by atoms with van der Waals surface area (Å²) < 4.78 is 13.8. The molecule has 2 aromatic heterocycles. The largest absolute Gasteiger partial charge is 0.367 e. The van der Waals surface area contributed by atoms with Crippen LogP contribution >= 0.6 is 11.6 Å². The maximum absolute atomic E-state index is 13.8. The zero-order chi connectivity index (χ0) is 25.7. The molecule has 186 valence electrons. The summed E-state index contributed by atoms with van der Waals surface area (Å²) in [5.74, 6) is 0.287. The number of nitrogens with zero attached hydrogens (tertiary/aromatic N) is 4. The highest BCUT2D eigenvalue weighted by Crippen LogP contribution is 2.39. The molecule has 2 N–H and O–H groups in total. The molecule has 0 aliphatic carbocycles. The zero-order valence-corrected chi connectivity index (χ0v) is 21.5. The Bertz CT molecular complexity index is 1420. The molecule has 1 fully saturated rings. The molecule has 0 atom stereocenters. The standard InChI is InChI=1S/C28H29ClFN5O/c1-27(2)14-19(15-28(3,4)35(27)36)34-26-21-12-17(8-10-24(21)32-16-33-26)20-6-5-11-31-25(20)18-7-9-23(30)22(29)13-18/h5-13,16,19,36H,14-15H2,1-4H3,(H,32,33,34). The van der Waals surface area contributed by atoms with E-state index >= 15 is 0 Å². The minimum absolute atomic E-state index is 0.0577. The molecule has 8 heteroatoms. The van der Waals surface area contributed by atoms with Gasteiger partial charge in [-0.25, -0.2) is 14.4 Å². The van der Waals surface area contributed by atoms with Crippen molar-refractivity contribution < 1.29 is 9.60 Å². The molecule has 0 amide bonds. The minimum Gasteiger partial charge on any atom is -0.367 e. The van der Waals surface area contributed by atoms with E-state index in [1.807, 2.05) is 52.0 Å². The number of benzene rings is 2. The molecule has 1 aliphatic heterocycles. The van der Waals surface area contributed by atoms with Gasteiger partial charge in [0, 0.05) is 39.8 Å². The number of halogens is 2. The van der Waals surface area contributed by atoms with Crippen LogP contribution < -0.4 is 5.32 Å². The highest BCUT2D eigenvalue weighted by Gasteiger charge is 2.45. The van der Waals surface area contributed by atoms with E-state index in [0.29, 0.717) is 5.69 Å². The normalized spacial score (nSPS) is 17.9. The molecule has 0 bridgehead atoms. The van der Waals surface area contributed by atoms with Gasteiger partial charge in [0.25, 0.3) is 0 Å². The fraction of sp³-hybridized carbons (Fsp3) is 0.321. The van der Waals surface area contributed by atoms with Gasteiger partial charge in [0.05, 0.1) is 16.2 Å². The fourth-order valence-corrected chi connectivity index (χ4v) is 5.60. The lowest BCUT2D eigenvalue weighted by Gasteiger charge is -2.51. The second-order valence-electron chi connectivity index (χ2n) is 10.7. The van der Waals surface area contributed by atoms with Gasteiger partial charge in [0.1, 0.15) is 18.0 Å². The summed E-state index contributed by atoms with van der Waals surface area (Å²) >= 11 is 6.06. The van der Waals surface area contributed by atoms with Crippen molar-refractivity contribution in [1.82, 2.24) is 20.0 Å². The van der Waals surface area contributed by atoms with Crippen LogP contribution in [0.3, 0.4) is 0 Å². The predicted octanol–water partition coefficient (Wildman–Crippen LogP) is 6.97. The van der Waals surface area contributed by atoms with Gasteiger partial charge in [0.15, 0.2) is 0 Å². The van der Waals surface area contributed by atoms with Gasteiger partial charge in [-0.2, -0.15) is 5.06 Å². The minimum atomic E-state index is -0.463. The van der Waals surface area contributed by atoms with E-state index in [0.717, 1.165) is 46.3 Å². The Hall–Kier alpha value is -3.13. The summed E-state index contributed by atoms with van der Waals surface area (Å²) in [6.45, 7) is 8.18. The van der Waals surface area contributed by atoms with Gasteiger partial charge in [0.2, 0.25) is 0 Å². The quantitative estimate of drug-likeness (QED) is 0.312. The van der Waals surface area contributed by atoms with Crippen LogP contribution in [-0.2, 0) is 0 Å². The third kappa shape index (κ3) is 4.54. The number of hydroxylamine groups is 2. The summed E-state index contributed by atoms with van der Waals surface area (Å²) in [6, 6.07) is 14.6. The highest BCUT2D eigenvalue weighted by molar-refractivity contribution is 6.31. The number of pyridine rings is 1. The van der Waals surface area contributed by atoms with Gasteiger partial charge in [-0.1, -0.05) is 23.7 Å². The molecule has 0 unspecified atom stereocenters. The fourth-order valence-electron chi connectivity index (χ4n) is 5.42. The zero-order valence-electron chi connectivity index (χ0n) is 20.8. The van der Waals surface area contributed by atoms with Gasteiger partial charge < -0.3 is 10.5 Å². The lowest BCUT2D eigenvalue weighted by atomic mass is 9.79. The second-order valence-corrected chi connectivity index (χ2v) is 11.1. The van der Waals surface area contributed by atoms with Crippen molar-refractivity contribution in [3.63, 3.8) is 0 Å². The average molecular weight is 506 g/mol. The third-order valence-electron chi connectivity index (χ3n) is 6.93. The monoisotopic (exact) mass is 505 g/mol. The van der Waals surface area contributed by atoms with E-state index in [2.05, 4.69) is 26.3 Å². The van der Waals surface area contributed by atoms with Gasteiger partial charge in [-0.3, -0.25) is 4.98 Å². The predicted molar refractivity (Wildman–Crippen MR) is 142 cm³/mol. The summed E-state index contributed by atoms with van der Waals surface area (Å²) in [7, 11) is 0. The van der Waals surface area contributed by atoms with Crippen LogP contribution in [0.5, 0.6) is 0 Å². The van der Waals surface area contributed by atoms with E-state index in [-0.39, 0.29) is 22.1 Å². The van der Waals surface area contributed by atoms with Crippen LogP contribution in [0.1, 0.15) is 40.5 Å². The van der Waals surface area contributed by atoms with Crippen LogP contribution in [0.15, 0.2) is 61.1 Å². The Morgan fingerprint density at radius 2 is 1.69 bits per heavy atom. The molecule has 0 radical (unpaired) electrons. The van der Waals surface area contributed by atoms with Crippen LogP contribution in [0.25, 0.3) is 33.3 Å². The molecule has 0 saturated carbocycles. The Morgan fingerprint density at radius 3 is 2.42 bits per heavy atom. The average Bonchev–Trinajstić information content (AvgIpc) is 2.84. The first-order valence-corrected chi connectivity index (χ1v) is 12.3. The van der Waals surface area contributed by atoms with Gasteiger partial charge in [-0.05, 0) is 82.5 Å². The number of hydrogen-bond acceptors (Lipinski definition) is 6. The van der Waals surface area contributed by atoms with Crippen LogP contribution in [0, 0.1) is 5.82 Å². The van der Waals surface area contributed by atoms with E-state index in [9.17, 15) is 9.60 Å². The maximum atomic E-state index is 13.8. The first-order valence-electron chi connectivity index (χ1n) is 12.0. The van der Waals surface area contributed by atoms with E-state index < -0.39 is 5.82 Å². The lowest BCUT2D eigenvalue weighted by Crippen LogP contribution is -2.61. The molecular formula is C28H29ClFN5O. The topological polar surface area (TPSA) is 74.2 Å². The summed E-state index contributed by atoms with van der Waals surface area (Å²) in [5, 5.41) is 16.7.